The first-order valence-electron chi connectivity index (χ1n) is 8.34. The Morgan fingerprint density at radius 2 is 1.91 bits per heavy atom. The molecule has 0 radical (unpaired) electrons. The molecule has 2 aliphatic rings. The number of rotatable bonds is 5. The van der Waals surface area contributed by atoms with Gasteiger partial charge in [0.2, 0.25) is 5.91 Å². The average Bonchev–Trinajstić information content (AvgIpc) is 2.68. The molecule has 2 unspecified atom stereocenters. The fourth-order valence-corrected chi connectivity index (χ4v) is 5.26. The Morgan fingerprint density at radius 1 is 1.17 bits per heavy atom. The second kappa shape index (κ2) is 9.20. The smallest absolute Gasteiger partial charge is 0.237 e. The van der Waals surface area contributed by atoms with Crippen LogP contribution < -0.4 is 5.32 Å². The Morgan fingerprint density at radius 3 is 2.52 bits per heavy atom. The van der Waals surface area contributed by atoms with Gasteiger partial charge in [-0.1, -0.05) is 0 Å². The molecule has 0 aromatic rings. The van der Waals surface area contributed by atoms with Crippen molar-refractivity contribution < 1.29 is 13.2 Å². The molecule has 2 atom stereocenters. The SMILES string of the molecule is CCN(C(=O)CN(C)C1CCCNCC1)C1CCS(=O)(=O)C1.Cl. The third kappa shape index (κ3) is 5.89. The van der Waals surface area contributed by atoms with Gasteiger partial charge in [-0.05, 0) is 52.7 Å². The summed E-state index contributed by atoms with van der Waals surface area (Å²) in [5, 5.41) is 3.38. The molecule has 1 N–H and O–H groups in total. The van der Waals surface area contributed by atoms with E-state index >= 15 is 0 Å². The van der Waals surface area contributed by atoms with Crippen LogP contribution in [0.3, 0.4) is 0 Å². The van der Waals surface area contributed by atoms with Gasteiger partial charge < -0.3 is 10.2 Å². The maximum atomic E-state index is 12.6. The molecule has 2 rings (SSSR count). The van der Waals surface area contributed by atoms with Crippen LogP contribution in [0.4, 0.5) is 0 Å². The number of nitrogens with one attached hydrogen (secondary N) is 1. The Labute approximate surface area is 146 Å². The van der Waals surface area contributed by atoms with Crippen LogP contribution in [0.25, 0.3) is 0 Å². The molecule has 0 saturated carbocycles. The second-order valence-corrected chi connectivity index (χ2v) is 8.72. The number of amides is 1. The highest BCUT2D eigenvalue weighted by Crippen LogP contribution is 2.19. The number of halogens is 1. The van der Waals surface area contributed by atoms with E-state index in [1.54, 1.807) is 4.90 Å². The van der Waals surface area contributed by atoms with Gasteiger partial charge in [0.15, 0.2) is 9.84 Å². The molecular weight excluding hydrogens is 338 g/mol. The maximum Gasteiger partial charge on any atom is 0.237 e. The first kappa shape index (κ1) is 20.7. The maximum absolute atomic E-state index is 12.6. The van der Waals surface area contributed by atoms with Gasteiger partial charge in [-0.3, -0.25) is 9.69 Å². The van der Waals surface area contributed by atoms with E-state index in [2.05, 4.69) is 10.2 Å². The van der Waals surface area contributed by atoms with E-state index in [0.717, 1.165) is 32.4 Å². The Kier molecular flexibility index (Phi) is 8.27. The highest BCUT2D eigenvalue weighted by atomic mass is 35.5. The normalized spacial score (nSPS) is 27.3. The lowest BCUT2D eigenvalue weighted by Crippen LogP contribution is -2.47. The van der Waals surface area contributed by atoms with Crippen LogP contribution in [0.15, 0.2) is 0 Å². The number of nitrogens with zero attached hydrogens (tertiary/aromatic N) is 2. The van der Waals surface area contributed by atoms with Crippen molar-refractivity contribution in [3.05, 3.63) is 0 Å². The van der Waals surface area contributed by atoms with E-state index < -0.39 is 9.84 Å². The fraction of sp³-hybridized carbons (Fsp3) is 0.933. The van der Waals surface area contributed by atoms with Gasteiger partial charge in [-0.2, -0.15) is 0 Å². The summed E-state index contributed by atoms with van der Waals surface area (Å²) in [5.74, 6) is 0.402. The van der Waals surface area contributed by atoms with Crippen LogP contribution >= 0.6 is 12.4 Å². The molecule has 136 valence electrons. The van der Waals surface area contributed by atoms with Gasteiger partial charge >= 0.3 is 0 Å². The molecule has 0 aromatic heterocycles. The van der Waals surface area contributed by atoms with Gasteiger partial charge in [-0.25, -0.2) is 8.42 Å². The van der Waals surface area contributed by atoms with Gasteiger partial charge in [0, 0.05) is 18.6 Å². The van der Waals surface area contributed by atoms with Crippen LogP contribution in [-0.4, -0.2) is 80.9 Å². The van der Waals surface area contributed by atoms with E-state index in [9.17, 15) is 13.2 Å². The molecule has 0 aliphatic carbocycles. The number of hydrogen-bond acceptors (Lipinski definition) is 5. The summed E-state index contributed by atoms with van der Waals surface area (Å²) < 4.78 is 23.3. The minimum atomic E-state index is -2.95. The monoisotopic (exact) mass is 367 g/mol. The Hall–Kier alpha value is -0.370. The Bertz CT molecular complexity index is 478. The lowest BCUT2D eigenvalue weighted by molar-refractivity contribution is -0.134. The van der Waals surface area contributed by atoms with Gasteiger partial charge in [0.1, 0.15) is 0 Å². The lowest BCUT2D eigenvalue weighted by atomic mass is 10.1. The van der Waals surface area contributed by atoms with Crippen molar-refractivity contribution in [3.63, 3.8) is 0 Å². The summed E-state index contributed by atoms with van der Waals surface area (Å²) in [7, 11) is -0.947. The molecule has 6 nitrogen and oxygen atoms in total. The van der Waals surface area contributed by atoms with Crippen LogP contribution in [-0.2, 0) is 14.6 Å². The van der Waals surface area contributed by atoms with E-state index in [1.807, 2.05) is 14.0 Å². The molecule has 23 heavy (non-hydrogen) atoms. The van der Waals surface area contributed by atoms with E-state index in [4.69, 9.17) is 0 Å². The summed E-state index contributed by atoms with van der Waals surface area (Å²) >= 11 is 0. The van der Waals surface area contributed by atoms with Crippen LogP contribution in [0, 0.1) is 0 Å². The van der Waals surface area contributed by atoms with E-state index in [-0.39, 0.29) is 35.9 Å². The summed E-state index contributed by atoms with van der Waals surface area (Å²) in [4.78, 5) is 16.5. The minimum absolute atomic E-state index is 0. The molecule has 0 bridgehead atoms. The number of carbonyl (C=O) groups is 1. The van der Waals surface area contributed by atoms with Crippen molar-refractivity contribution in [2.45, 2.75) is 44.7 Å². The minimum Gasteiger partial charge on any atom is -0.338 e. The molecule has 2 aliphatic heterocycles. The molecule has 0 aromatic carbocycles. The zero-order valence-electron chi connectivity index (χ0n) is 14.2. The van der Waals surface area contributed by atoms with Crippen molar-refractivity contribution >= 4 is 28.2 Å². The van der Waals surface area contributed by atoms with Crippen molar-refractivity contribution in [1.29, 1.82) is 0 Å². The lowest BCUT2D eigenvalue weighted by Gasteiger charge is -2.32. The molecule has 2 heterocycles. The number of likely N-dealkylation sites (N-methyl/N-ethyl adjacent to an activating group) is 2. The average molecular weight is 368 g/mol. The molecule has 2 saturated heterocycles. The standard InChI is InChI=1S/C15H29N3O3S.ClH/c1-3-18(14-7-10-22(20,21)12-14)15(19)11-17(2)13-5-4-8-16-9-6-13;/h13-14,16H,3-12H2,1-2H3;1H. The number of sulfone groups is 1. The first-order valence-corrected chi connectivity index (χ1v) is 10.2. The first-order chi connectivity index (χ1) is 10.4. The van der Waals surface area contributed by atoms with Crippen molar-refractivity contribution in [1.82, 2.24) is 15.1 Å². The highest BCUT2D eigenvalue weighted by molar-refractivity contribution is 7.91. The van der Waals surface area contributed by atoms with Crippen molar-refractivity contribution in [2.75, 3.05) is 44.7 Å². The zero-order valence-corrected chi connectivity index (χ0v) is 15.8. The highest BCUT2D eigenvalue weighted by Gasteiger charge is 2.34. The van der Waals surface area contributed by atoms with Gasteiger partial charge in [0.25, 0.3) is 0 Å². The summed E-state index contributed by atoms with van der Waals surface area (Å²) in [6, 6.07) is 0.302. The quantitative estimate of drug-likeness (QED) is 0.767. The molecular formula is C15H30ClN3O3S. The number of carbonyl (C=O) groups excluding carboxylic acids is 1. The number of hydrogen-bond donors (Lipinski definition) is 1. The molecule has 0 spiro atoms. The molecule has 1 amide bonds. The third-order valence-corrected chi connectivity index (χ3v) is 6.61. The summed E-state index contributed by atoms with van der Waals surface area (Å²) in [5.41, 5.74) is 0. The zero-order chi connectivity index (χ0) is 16.2. The summed E-state index contributed by atoms with van der Waals surface area (Å²) in [6.07, 6.45) is 3.90. The van der Waals surface area contributed by atoms with Gasteiger partial charge in [-0.15, -0.1) is 12.4 Å². The van der Waals surface area contributed by atoms with Crippen LogP contribution in [0.2, 0.25) is 0 Å². The van der Waals surface area contributed by atoms with E-state index in [0.29, 0.717) is 25.6 Å². The third-order valence-electron chi connectivity index (χ3n) is 4.86. The van der Waals surface area contributed by atoms with Crippen LogP contribution in [0.1, 0.15) is 32.6 Å². The summed E-state index contributed by atoms with van der Waals surface area (Å²) in [6.45, 7) is 4.95. The predicted octanol–water partition coefficient (Wildman–Crippen LogP) is 0.518. The van der Waals surface area contributed by atoms with E-state index in [1.165, 1.54) is 0 Å². The predicted molar refractivity (Wildman–Crippen MR) is 94.8 cm³/mol. The van der Waals surface area contributed by atoms with Crippen molar-refractivity contribution in [2.24, 2.45) is 0 Å². The largest absolute Gasteiger partial charge is 0.338 e. The fourth-order valence-electron chi connectivity index (χ4n) is 3.53. The van der Waals surface area contributed by atoms with Crippen LogP contribution in [0.5, 0.6) is 0 Å². The molecule has 8 heteroatoms. The molecule has 2 fully saturated rings. The topological polar surface area (TPSA) is 69.7 Å². The van der Waals surface area contributed by atoms with Gasteiger partial charge in [0.05, 0.1) is 18.1 Å². The van der Waals surface area contributed by atoms with Crippen molar-refractivity contribution in [3.8, 4) is 0 Å². The Balaban J connectivity index is 0.00000264. The second-order valence-electron chi connectivity index (χ2n) is 6.49.